The molecule has 0 aromatic heterocycles. The third-order valence-electron chi connectivity index (χ3n) is 4.44. The summed E-state index contributed by atoms with van der Waals surface area (Å²) in [5, 5.41) is 16.6. The number of amides is 2. The van der Waals surface area contributed by atoms with Crippen LogP contribution < -0.4 is 15.4 Å². The minimum atomic E-state index is -0.544. The summed E-state index contributed by atoms with van der Waals surface area (Å²) in [6.45, 7) is 9.61. The molecule has 0 heterocycles. The largest absolute Gasteiger partial charge is 0.490 e. The number of ether oxygens (including phenoxy) is 3. The lowest BCUT2D eigenvalue weighted by Crippen LogP contribution is -2.29. The zero-order valence-electron chi connectivity index (χ0n) is 21.1. The second-order valence-corrected chi connectivity index (χ2v) is 9.39. The summed E-state index contributed by atoms with van der Waals surface area (Å²) in [6.07, 6.45) is 2.00. The summed E-state index contributed by atoms with van der Waals surface area (Å²) in [4.78, 5) is 24.0. The summed E-state index contributed by atoms with van der Waals surface area (Å²) in [6, 6.07) is 6.89. The summed E-state index contributed by atoms with van der Waals surface area (Å²) < 4.78 is 16.7. The molecular formula is C26H37N3O5S. The highest BCUT2D eigenvalue weighted by Crippen LogP contribution is 2.17. The molecule has 1 aromatic rings. The second-order valence-electron chi connectivity index (χ2n) is 8.45. The number of nitrogens with one attached hydrogen (secondary N) is 2. The average Bonchev–Trinajstić information content (AvgIpc) is 2.82. The van der Waals surface area contributed by atoms with E-state index >= 15 is 0 Å². The molecule has 0 aliphatic carbocycles. The van der Waals surface area contributed by atoms with E-state index in [0.717, 1.165) is 24.6 Å². The van der Waals surface area contributed by atoms with Gasteiger partial charge in [-0.1, -0.05) is 45.6 Å². The van der Waals surface area contributed by atoms with Gasteiger partial charge in [0, 0.05) is 18.0 Å². The van der Waals surface area contributed by atoms with Gasteiger partial charge in [-0.25, -0.2) is 0 Å². The smallest absolute Gasteiger partial charge is 0.251 e. The zero-order chi connectivity index (χ0) is 25.9. The third-order valence-corrected chi connectivity index (χ3v) is 5.08. The number of thiocyanates is 1. The maximum atomic E-state index is 12.3. The number of hydrogen-bond acceptors (Lipinski definition) is 7. The summed E-state index contributed by atoms with van der Waals surface area (Å²) in [5.74, 6) is 6.81. The first-order chi connectivity index (χ1) is 16.8. The maximum absolute atomic E-state index is 12.3. The molecule has 35 heavy (non-hydrogen) atoms. The second kappa shape index (κ2) is 18.6. The number of nitriles is 1. The van der Waals surface area contributed by atoms with E-state index in [4.69, 9.17) is 19.5 Å². The lowest BCUT2D eigenvalue weighted by atomic mass is 10.1. The first-order valence-electron chi connectivity index (χ1n) is 11.8. The topological polar surface area (TPSA) is 110 Å². The summed E-state index contributed by atoms with van der Waals surface area (Å²) in [5.41, 5.74) is -0.0310. The fourth-order valence-corrected chi connectivity index (χ4v) is 3.15. The van der Waals surface area contributed by atoms with Gasteiger partial charge in [0.2, 0.25) is 5.91 Å². The minimum absolute atomic E-state index is 0.0917. The van der Waals surface area contributed by atoms with Crippen molar-refractivity contribution >= 4 is 23.6 Å². The van der Waals surface area contributed by atoms with E-state index in [2.05, 4.69) is 36.3 Å². The van der Waals surface area contributed by atoms with Gasteiger partial charge in [-0.05, 0) is 48.7 Å². The highest BCUT2D eigenvalue weighted by molar-refractivity contribution is 8.04. The third kappa shape index (κ3) is 15.7. The molecular weight excluding hydrogens is 466 g/mol. The lowest BCUT2D eigenvalue weighted by molar-refractivity contribution is -0.126. The Kier molecular flexibility index (Phi) is 16.1. The number of hydrogen-bond donors (Lipinski definition) is 2. The Morgan fingerprint density at radius 2 is 1.94 bits per heavy atom. The van der Waals surface area contributed by atoms with E-state index in [-0.39, 0.29) is 50.7 Å². The van der Waals surface area contributed by atoms with Crippen LogP contribution in [0.1, 0.15) is 50.9 Å². The van der Waals surface area contributed by atoms with E-state index in [1.54, 1.807) is 24.3 Å². The number of carbonyl (C=O) groups excluding carboxylic acids is 2. The molecule has 0 spiro atoms. The lowest BCUT2D eigenvalue weighted by Gasteiger charge is -2.16. The van der Waals surface area contributed by atoms with Crippen LogP contribution in [0.2, 0.25) is 0 Å². The van der Waals surface area contributed by atoms with Crippen molar-refractivity contribution in [2.24, 2.45) is 11.8 Å². The van der Waals surface area contributed by atoms with Crippen LogP contribution in [0.5, 0.6) is 5.75 Å². The highest BCUT2D eigenvalue weighted by Gasteiger charge is 2.13. The van der Waals surface area contributed by atoms with Gasteiger partial charge < -0.3 is 24.8 Å². The Morgan fingerprint density at radius 3 is 2.66 bits per heavy atom. The van der Waals surface area contributed by atoms with Gasteiger partial charge in [0.15, 0.2) is 5.44 Å². The normalized spacial score (nSPS) is 11.3. The van der Waals surface area contributed by atoms with Gasteiger partial charge in [0.25, 0.3) is 5.91 Å². The van der Waals surface area contributed by atoms with Crippen molar-refractivity contribution in [2.45, 2.75) is 46.0 Å². The maximum Gasteiger partial charge on any atom is 0.251 e. The van der Waals surface area contributed by atoms with Crippen molar-refractivity contribution in [2.75, 3.05) is 39.5 Å². The van der Waals surface area contributed by atoms with Crippen LogP contribution in [-0.2, 0) is 14.3 Å². The first kappa shape index (κ1) is 30.3. The van der Waals surface area contributed by atoms with Crippen LogP contribution in [0.4, 0.5) is 0 Å². The van der Waals surface area contributed by atoms with E-state index in [1.165, 1.54) is 0 Å². The monoisotopic (exact) mass is 503 g/mol. The predicted molar refractivity (Wildman–Crippen MR) is 138 cm³/mol. The number of nitrogens with zero attached hydrogens (tertiary/aromatic N) is 1. The molecule has 1 rings (SSSR count). The molecule has 1 atom stereocenters. The zero-order valence-corrected chi connectivity index (χ0v) is 21.9. The quantitative estimate of drug-likeness (QED) is 0.154. The molecule has 1 aromatic carbocycles. The molecule has 0 bridgehead atoms. The van der Waals surface area contributed by atoms with Crippen LogP contribution in [0.25, 0.3) is 0 Å². The molecule has 2 N–H and O–H groups in total. The van der Waals surface area contributed by atoms with Crippen molar-refractivity contribution in [1.82, 2.24) is 10.6 Å². The van der Waals surface area contributed by atoms with Gasteiger partial charge in [0.05, 0.1) is 19.8 Å². The number of carbonyl (C=O) groups is 2. The van der Waals surface area contributed by atoms with Crippen molar-refractivity contribution in [3.63, 3.8) is 0 Å². The van der Waals surface area contributed by atoms with Gasteiger partial charge in [-0.15, -0.1) is 0 Å². The van der Waals surface area contributed by atoms with E-state index in [0.29, 0.717) is 23.8 Å². The Hall–Kier alpha value is -2.72. The molecule has 192 valence electrons. The fraction of sp³-hybridized carbons (Fsp3) is 0.577. The van der Waals surface area contributed by atoms with E-state index in [9.17, 15) is 9.59 Å². The van der Waals surface area contributed by atoms with Crippen LogP contribution >= 0.6 is 11.8 Å². The van der Waals surface area contributed by atoms with Crippen LogP contribution in [0.15, 0.2) is 24.3 Å². The Morgan fingerprint density at radius 1 is 1.14 bits per heavy atom. The number of rotatable bonds is 16. The fourth-order valence-electron chi connectivity index (χ4n) is 2.73. The first-order valence-corrected chi connectivity index (χ1v) is 12.7. The van der Waals surface area contributed by atoms with Crippen LogP contribution in [-0.4, -0.2) is 56.8 Å². The van der Waals surface area contributed by atoms with Crippen molar-refractivity contribution < 1.29 is 23.8 Å². The number of thioether (sulfide) groups is 1. The minimum Gasteiger partial charge on any atom is -0.490 e. The molecule has 0 unspecified atom stereocenters. The molecule has 9 heteroatoms. The Bertz CT molecular complexity index is 874. The SMILES string of the molecule is CC(C)C#CCNC(=O)COCCO[C@@H](COc1cccc(C(=O)NCCCC(C)C)c1)SC#N. The Labute approximate surface area is 213 Å². The van der Waals surface area contributed by atoms with Crippen LogP contribution in [0.3, 0.4) is 0 Å². The van der Waals surface area contributed by atoms with Crippen LogP contribution in [0, 0.1) is 34.3 Å². The van der Waals surface area contributed by atoms with Gasteiger partial charge in [-0.2, -0.15) is 5.26 Å². The highest BCUT2D eigenvalue weighted by atomic mass is 32.2. The molecule has 0 aliphatic heterocycles. The van der Waals surface area contributed by atoms with Crippen molar-refractivity contribution in [1.29, 1.82) is 5.26 Å². The summed E-state index contributed by atoms with van der Waals surface area (Å²) >= 11 is 0.931. The van der Waals surface area contributed by atoms with Crippen molar-refractivity contribution in [3.8, 4) is 23.0 Å². The molecule has 0 fully saturated rings. The predicted octanol–water partition coefficient (Wildman–Crippen LogP) is 3.58. The molecule has 2 amide bonds. The number of benzene rings is 1. The molecule has 8 nitrogen and oxygen atoms in total. The molecule has 0 saturated heterocycles. The summed E-state index contributed by atoms with van der Waals surface area (Å²) in [7, 11) is 0. The van der Waals surface area contributed by atoms with E-state index < -0.39 is 5.44 Å². The van der Waals surface area contributed by atoms with Gasteiger partial charge >= 0.3 is 0 Å². The molecule has 0 radical (unpaired) electrons. The van der Waals surface area contributed by atoms with Crippen molar-refractivity contribution in [3.05, 3.63) is 29.8 Å². The van der Waals surface area contributed by atoms with Gasteiger partial charge in [-0.3, -0.25) is 9.59 Å². The Balaban J connectivity index is 2.34. The standard InChI is InChI=1S/C26H37N3O5S/c1-20(2)8-6-12-28-24(30)17-32-14-15-33-25(35-19-27)18-34-23-11-5-10-22(16-23)26(31)29-13-7-9-21(3)4/h5,10-11,16,20-21,25H,7,9,12-15,17-18H2,1-4H3,(H,28,30)(H,29,31)/t25-/m1/s1. The molecule has 0 saturated carbocycles. The molecule has 0 aliphatic rings. The average molecular weight is 504 g/mol. The van der Waals surface area contributed by atoms with Gasteiger partial charge in [0.1, 0.15) is 24.4 Å². The van der Waals surface area contributed by atoms with E-state index in [1.807, 2.05) is 19.2 Å².